The molecule has 0 saturated heterocycles. The highest BCUT2D eigenvalue weighted by molar-refractivity contribution is 8.00. The van der Waals surface area contributed by atoms with E-state index in [0.717, 1.165) is 26.7 Å². The van der Waals surface area contributed by atoms with Crippen LogP contribution in [0.15, 0.2) is 50.7 Å². The number of aromatic nitrogens is 2. The van der Waals surface area contributed by atoms with Crippen molar-refractivity contribution in [2.75, 3.05) is 5.75 Å². The van der Waals surface area contributed by atoms with Crippen LogP contribution in [0.25, 0.3) is 0 Å². The number of rotatable bonds is 5. The Morgan fingerprint density at radius 1 is 1.29 bits per heavy atom. The van der Waals surface area contributed by atoms with Crippen LogP contribution in [0.4, 0.5) is 0 Å². The van der Waals surface area contributed by atoms with Gasteiger partial charge in [0.2, 0.25) is 0 Å². The fraction of sp³-hybridized carbons (Fsp3) is 0.214. The van der Waals surface area contributed by atoms with Gasteiger partial charge in [0.25, 0.3) is 0 Å². The number of thioether (sulfide) groups is 1. The third-order valence-corrected chi connectivity index (χ3v) is 4.50. The van der Waals surface area contributed by atoms with E-state index in [0.29, 0.717) is 5.16 Å². The van der Waals surface area contributed by atoms with Gasteiger partial charge in [-0.25, -0.2) is 9.97 Å². The van der Waals surface area contributed by atoms with Gasteiger partial charge >= 0.3 is 0 Å². The molecule has 0 fully saturated rings. The Hall–Kier alpha value is -1.73. The molecule has 0 saturated carbocycles. The van der Waals surface area contributed by atoms with Gasteiger partial charge in [-0.2, -0.15) is 0 Å². The first-order valence-corrected chi connectivity index (χ1v) is 8.16. The number of nitrogens with zero attached hydrogens (tertiary/aromatic N) is 3. The number of oxime groups is 1. The minimum absolute atomic E-state index is 0.0983. The van der Waals surface area contributed by atoms with Crippen LogP contribution in [0.2, 0.25) is 0 Å². The van der Waals surface area contributed by atoms with Crippen molar-refractivity contribution in [2.24, 2.45) is 10.9 Å². The van der Waals surface area contributed by atoms with Crippen molar-refractivity contribution in [2.45, 2.75) is 28.8 Å². The zero-order valence-electron chi connectivity index (χ0n) is 11.8. The molecule has 7 heteroatoms. The predicted octanol–water partition coefficient (Wildman–Crippen LogP) is 3.14. The zero-order chi connectivity index (χ0) is 15.2. The largest absolute Gasteiger partial charge is 0.409 e. The molecule has 21 heavy (non-hydrogen) atoms. The zero-order valence-corrected chi connectivity index (χ0v) is 13.4. The third-order valence-electron chi connectivity index (χ3n) is 2.61. The van der Waals surface area contributed by atoms with Crippen LogP contribution in [-0.2, 0) is 0 Å². The number of hydrogen-bond acceptors (Lipinski definition) is 6. The molecule has 1 aromatic heterocycles. The van der Waals surface area contributed by atoms with Crippen LogP contribution >= 0.6 is 23.5 Å². The van der Waals surface area contributed by atoms with Crippen LogP contribution in [-0.4, -0.2) is 26.8 Å². The van der Waals surface area contributed by atoms with Gasteiger partial charge in [-0.3, -0.25) is 0 Å². The van der Waals surface area contributed by atoms with E-state index in [9.17, 15) is 0 Å². The molecule has 0 amide bonds. The summed E-state index contributed by atoms with van der Waals surface area (Å²) in [6.45, 7) is 4.00. The molecule has 2 aromatic rings. The van der Waals surface area contributed by atoms with Crippen molar-refractivity contribution in [3.63, 3.8) is 0 Å². The molecule has 0 aliphatic heterocycles. The Kier molecular flexibility index (Phi) is 5.46. The highest BCUT2D eigenvalue weighted by Crippen LogP contribution is 2.33. The smallest absolute Gasteiger partial charge is 0.192 e. The van der Waals surface area contributed by atoms with E-state index in [1.54, 1.807) is 24.2 Å². The van der Waals surface area contributed by atoms with Gasteiger partial charge in [0, 0.05) is 27.7 Å². The summed E-state index contributed by atoms with van der Waals surface area (Å²) in [7, 11) is 0. The SMILES string of the molecule is CCSc1cccc(Sc2ncc(C)cn2)c1/C(N)=N/O. The molecule has 0 atom stereocenters. The van der Waals surface area contributed by atoms with E-state index in [-0.39, 0.29) is 5.84 Å². The lowest BCUT2D eigenvalue weighted by Gasteiger charge is -2.12. The number of aryl methyl sites for hydroxylation is 1. The summed E-state index contributed by atoms with van der Waals surface area (Å²) >= 11 is 3.05. The molecule has 3 N–H and O–H groups in total. The predicted molar refractivity (Wildman–Crippen MR) is 86.2 cm³/mol. The van der Waals surface area contributed by atoms with E-state index in [4.69, 9.17) is 10.9 Å². The maximum Gasteiger partial charge on any atom is 0.192 e. The van der Waals surface area contributed by atoms with Crippen molar-refractivity contribution >= 4 is 29.4 Å². The first-order valence-electron chi connectivity index (χ1n) is 6.36. The molecule has 0 bridgehead atoms. The minimum atomic E-state index is 0.0983. The third kappa shape index (κ3) is 3.89. The Balaban J connectivity index is 2.42. The van der Waals surface area contributed by atoms with E-state index in [1.807, 2.05) is 25.1 Å². The summed E-state index contributed by atoms with van der Waals surface area (Å²) in [5.74, 6) is 1.00. The molecular formula is C14H16N4OS2. The molecule has 1 aromatic carbocycles. The van der Waals surface area contributed by atoms with Crippen LogP contribution in [0, 0.1) is 6.92 Å². The quantitative estimate of drug-likeness (QED) is 0.220. The fourth-order valence-electron chi connectivity index (χ4n) is 1.71. The molecule has 0 aliphatic rings. The number of hydrogen-bond donors (Lipinski definition) is 2. The second-order valence-electron chi connectivity index (χ2n) is 4.19. The maximum atomic E-state index is 9.02. The Bertz CT molecular complexity index is 644. The summed E-state index contributed by atoms with van der Waals surface area (Å²) < 4.78 is 0. The van der Waals surface area contributed by atoms with Crippen molar-refractivity contribution in [1.29, 1.82) is 0 Å². The first kappa shape index (κ1) is 15.7. The summed E-state index contributed by atoms with van der Waals surface area (Å²) in [6.07, 6.45) is 3.53. The number of amidine groups is 1. The van der Waals surface area contributed by atoms with Gasteiger partial charge in [-0.1, -0.05) is 18.1 Å². The van der Waals surface area contributed by atoms with Crippen LogP contribution in [0.1, 0.15) is 18.1 Å². The van der Waals surface area contributed by atoms with Crippen molar-refractivity contribution in [1.82, 2.24) is 9.97 Å². The maximum absolute atomic E-state index is 9.02. The second-order valence-corrected chi connectivity index (χ2v) is 6.51. The molecule has 2 rings (SSSR count). The van der Waals surface area contributed by atoms with Gasteiger partial charge in [0.1, 0.15) is 0 Å². The molecular weight excluding hydrogens is 304 g/mol. The van der Waals surface area contributed by atoms with Gasteiger partial charge in [0.05, 0.1) is 0 Å². The molecule has 0 unspecified atom stereocenters. The summed E-state index contributed by atoms with van der Waals surface area (Å²) in [5, 5.41) is 12.8. The Morgan fingerprint density at radius 3 is 2.57 bits per heavy atom. The normalized spacial score (nSPS) is 11.6. The highest BCUT2D eigenvalue weighted by atomic mass is 32.2. The average molecular weight is 320 g/mol. The van der Waals surface area contributed by atoms with Gasteiger partial charge in [-0.05, 0) is 42.1 Å². The molecule has 0 aliphatic carbocycles. The van der Waals surface area contributed by atoms with E-state index in [1.165, 1.54) is 11.8 Å². The molecule has 110 valence electrons. The van der Waals surface area contributed by atoms with E-state index in [2.05, 4.69) is 22.0 Å². The molecule has 0 spiro atoms. The number of nitrogens with two attached hydrogens (primary N) is 1. The van der Waals surface area contributed by atoms with Crippen LogP contribution in [0.3, 0.4) is 0 Å². The number of benzene rings is 1. The Labute approximate surface area is 132 Å². The summed E-state index contributed by atoms with van der Waals surface area (Å²) in [6, 6.07) is 5.82. The van der Waals surface area contributed by atoms with Crippen molar-refractivity contribution in [3.8, 4) is 0 Å². The lowest BCUT2D eigenvalue weighted by Crippen LogP contribution is -2.15. The molecule has 5 nitrogen and oxygen atoms in total. The summed E-state index contributed by atoms with van der Waals surface area (Å²) in [4.78, 5) is 10.4. The standard InChI is InChI=1S/C14H16N4OS2/c1-3-20-10-5-4-6-11(12(10)13(15)18-19)21-14-16-7-9(2)8-17-14/h4-8,19H,3H2,1-2H3,(H2,15,18). The minimum Gasteiger partial charge on any atom is -0.409 e. The lowest BCUT2D eigenvalue weighted by atomic mass is 10.2. The van der Waals surface area contributed by atoms with E-state index < -0.39 is 0 Å². The monoisotopic (exact) mass is 320 g/mol. The van der Waals surface area contributed by atoms with Crippen LogP contribution in [0.5, 0.6) is 0 Å². The van der Waals surface area contributed by atoms with Crippen molar-refractivity contribution < 1.29 is 5.21 Å². The lowest BCUT2D eigenvalue weighted by molar-refractivity contribution is 0.318. The van der Waals surface area contributed by atoms with Gasteiger partial charge < -0.3 is 10.9 Å². The average Bonchev–Trinajstić information content (AvgIpc) is 2.49. The van der Waals surface area contributed by atoms with E-state index >= 15 is 0 Å². The van der Waals surface area contributed by atoms with Crippen LogP contribution < -0.4 is 5.73 Å². The Morgan fingerprint density at radius 2 is 1.95 bits per heavy atom. The molecule has 0 radical (unpaired) electrons. The fourth-order valence-corrected chi connectivity index (χ4v) is 3.49. The van der Waals surface area contributed by atoms with Gasteiger partial charge in [0.15, 0.2) is 11.0 Å². The van der Waals surface area contributed by atoms with Crippen molar-refractivity contribution in [3.05, 3.63) is 41.7 Å². The van der Waals surface area contributed by atoms with Gasteiger partial charge in [-0.15, -0.1) is 11.8 Å². The molecule has 1 heterocycles. The second kappa shape index (κ2) is 7.33. The topological polar surface area (TPSA) is 84.4 Å². The summed E-state index contributed by atoms with van der Waals surface area (Å²) in [5.41, 5.74) is 7.57. The first-order chi connectivity index (χ1) is 10.2. The highest BCUT2D eigenvalue weighted by Gasteiger charge is 2.15.